The molecule has 1 atom stereocenters. The first-order valence-corrected chi connectivity index (χ1v) is 11.8. The number of carbonyl (C=O) groups is 1. The molecule has 0 aliphatic carbocycles. The Morgan fingerprint density at radius 2 is 1.30 bits per heavy atom. The maximum absolute atomic E-state index is 13.1. The third-order valence-electron chi connectivity index (χ3n) is 6.32. The van der Waals surface area contributed by atoms with Crippen molar-refractivity contribution >= 4 is 17.2 Å². The van der Waals surface area contributed by atoms with E-state index in [2.05, 4.69) is 6.08 Å². The Morgan fingerprint density at radius 3 is 1.86 bits per heavy atom. The largest absolute Gasteiger partial charge is 0.497 e. The van der Waals surface area contributed by atoms with Gasteiger partial charge < -0.3 is 23.7 Å². The lowest BCUT2D eigenvalue weighted by Gasteiger charge is -2.34. The Hall–Kier alpha value is -4.39. The molecule has 3 aromatic rings. The third-order valence-corrected chi connectivity index (χ3v) is 6.32. The molecule has 0 aromatic heterocycles. The van der Waals surface area contributed by atoms with Crippen molar-refractivity contribution in [1.29, 1.82) is 0 Å². The minimum absolute atomic E-state index is 0.370. The van der Waals surface area contributed by atoms with Crippen molar-refractivity contribution in [2.45, 2.75) is 12.5 Å². The zero-order valence-electron chi connectivity index (χ0n) is 21.7. The Labute approximate surface area is 217 Å². The molecule has 3 aromatic carbocycles. The first kappa shape index (κ1) is 25.7. The molecule has 7 heteroatoms. The number of hydrogen-bond acceptors (Lipinski definition) is 6. The van der Waals surface area contributed by atoms with Crippen LogP contribution in [0.25, 0.3) is 11.1 Å². The van der Waals surface area contributed by atoms with Crippen LogP contribution in [-0.4, -0.2) is 52.6 Å². The van der Waals surface area contributed by atoms with Crippen LogP contribution >= 0.6 is 0 Å². The van der Waals surface area contributed by atoms with E-state index in [9.17, 15) is 4.79 Å². The Balaban J connectivity index is 1.87. The summed E-state index contributed by atoms with van der Waals surface area (Å²) in [5.41, 5.74) is 4.58. The van der Waals surface area contributed by atoms with Crippen molar-refractivity contribution in [2.24, 2.45) is 0 Å². The van der Waals surface area contributed by atoms with Crippen LogP contribution < -0.4 is 18.9 Å². The van der Waals surface area contributed by atoms with E-state index in [0.717, 1.165) is 39.3 Å². The van der Waals surface area contributed by atoms with Gasteiger partial charge >= 0.3 is 6.09 Å². The SMILES string of the molecule is COC(=O)N1C=C(c2cccc(OC)c2)C=C(c2cccc(OC)c2)C1Cc1cc(OC)cc(OC)c1. The smallest absolute Gasteiger partial charge is 0.414 e. The molecule has 0 spiro atoms. The van der Waals surface area contributed by atoms with Gasteiger partial charge in [0, 0.05) is 12.3 Å². The highest BCUT2D eigenvalue weighted by Gasteiger charge is 2.32. The predicted molar refractivity (Wildman–Crippen MR) is 143 cm³/mol. The van der Waals surface area contributed by atoms with Crippen LogP contribution in [0.15, 0.2) is 79.0 Å². The van der Waals surface area contributed by atoms with Crippen molar-refractivity contribution in [3.8, 4) is 23.0 Å². The summed E-state index contributed by atoms with van der Waals surface area (Å²) in [6, 6.07) is 20.9. The van der Waals surface area contributed by atoms with E-state index in [1.54, 1.807) is 33.3 Å². The molecule has 0 fully saturated rings. The number of ether oxygens (including phenoxy) is 5. The van der Waals surface area contributed by atoms with E-state index in [1.165, 1.54) is 7.11 Å². The molecule has 0 bridgehead atoms. The van der Waals surface area contributed by atoms with Crippen molar-refractivity contribution in [3.63, 3.8) is 0 Å². The molecule has 0 N–H and O–H groups in total. The fourth-order valence-corrected chi connectivity index (χ4v) is 4.43. The first-order chi connectivity index (χ1) is 18.0. The number of rotatable bonds is 8. The fraction of sp³-hybridized carbons (Fsp3) is 0.233. The van der Waals surface area contributed by atoms with E-state index in [4.69, 9.17) is 23.7 Å². The number of carbonyl (C=O) groups excluding carboxylic acids is 1. The topological polar surface area (TPSA) is 66.5 Å². The number of benzene rings is 3. The summed E-state index contributed by atoms with van der Waals surface area (Å²) in [6.45, 7) is 0. The monoisotopic (exact) mass is 501 g/mol. The van der Waals surface area contributed by atoms with Crippen LogP contribution in [0.3, 0.4) is 0 Å². The second-order valence-electron chi connectivity index (χ2n) is 8.47. The number of allylic oxidation sites excluding steroid dienone is 2. The molecule has 4 rings (SSSR count). The highest BCUT2D eigenvalue weighted by Crippen LogP contribution is 2.37. The molecule has 7 nitrogen and oxygen atoms in total. The molecule has 1 heterocycles. The molecule has 1 aliphatic rings. The van der Waals surface area contributed by atoms with E-state index in [-0.39, 0.29) is 6.04 Å². The highest BCUT2D eigenvalue weighted by molar-refractivity contribution is 5.91. The van der Waals surface area contributed by atoms with Crippen molar-refractivity contribution < 1.29 is 28.5 Å². The van der Waals surface area contributed by atoms with Crippen LogP contribution in [0.5, 0.6) is 23.0 Å². The second-order valence-corrected chi connectivity index (χ2v) is 8.47. The molecule has 0 saturated carbocycles. The lowest BCUT2D eigenvalue weighted by Crippen LogP contribution is -2.40. The van der Waals surface area contributed by atoms with Crippen molar-refractivity contribution in [2.75, 3.05) is 35.5 Å². The third kappa shape index (κ3) is 5.72. The number of amides is 1. The summed E-state index contributed by atoms with van der Waals surface area (Å²) in [4.78, 5) is 14.8. The summed E-state index contributed by atoms with van der Waals surface area (Å²) in [6.07, 6.45) is 3.96. The van der Waals surface area contributed by atoms with Gasteiger partial charge in [0.2, 0.25) is 0 Å². The van der Waals surface area contributed by atoms with E-state index in [0.29, 0.717) is 17.9 Å². The molecule has 0 radical (unpaired) electrons. The number of nitrogens with zero attached hydrogens (tertiary/aromatic N) is 1. The van der Waals surface area contributed by atoms with Gasteiger partial charge in [-0.3, -0.25) is 4.90 Å². The van der Waals surface area contributed by atoms with Gasteiger partial charge in [-0.2, -0.15) is 0 Å². The maximum Gasteiger partial charge on any atom is 0.414 e. The Morgan fingerprint density at radius 1 is 0.730 bits per heavy atom. The van der Waals surface area contributed by atoms with Gasteiger partial charge in [0.15, 0.2) is 0 Å². The predicted octanol–water partition coefficient (Wildman–Crippen LogP) is 5.84. The van der Waals surface area contributed by atoms with Gasteiger partial charge in [0.25, 0.3) is 0 Å². The fourth-order valence-electron chi connectivity index (χ4n) is 4.43. The van der Waals surface area contributed by atoms with Crippen LogP contribution in [0.1, 0.15) is 16.7 Å². The molecule has 37 heavy (non-hydrogen) atoms. The molecular weight excluding hydrogens is 470 g/mol. The van der Waals surface area contributed by atoms with Gasteiger partial charge in [-0.15, -0.1) is 0 Å². The minimum atomic E-state index is -0.464. The van der Waals surface area contributed by atoms with E-state index in [1.807, 2.05) is 72.9 Å². The quantitative estimate of drug-likeness (QED) is 0.386. The van der Waals surface area contributed by atoms with E-state index < -0.39 is 6.09 Å². The zero-order valence-corrected chi connectivity index (χ0v) is 21.7. The normalized spacial score (nSPS) is 14.8. The van der Waals surface area contributed by atoms with Gasteiger partial charge in [0.1, 0.15) is 23.0 Å². The molecule has 1 aliphatic heterocycles. The molecule has 192 valence electrons. The summed E-state index contributed by atoms with van der Waals surface area (Å²) in [5.74, 6) is 2.80. The Kier molecular flexibility index (Phi) is 8.03. The van der Waals surface area contributed by atoms with Gasteiger partial charge in [-0.25, -0.2) is 4.79 Å². The van der Waals surface area contributed by atoms with Crippen LogP contribution in [0.4, 0.5) is 4.79 Å². The summed E-state index contributed by atoms with van der Waals surface area (Å²) in [7, 11) is 7.88. The molecular formula is C30H31NO6. The molecule has 0 saturated heterocycles. The Bertz CT molecular complexity index is 1310. The van der Waals surface area contributed by atoms with Crippen molar-refractivity contribution in [1.82, 2.24) is 4.90 Å². The summed E-state index contributed by atoms with van der Waals surface area (Å²) in [5, 5.41) is 0. The lowest BCUT2D eigenvalue weighted by atomic mass is 9.87. The highest BCUT2D eigenvalue weighted by atomic mass is 16.5. The van der Waals surface area contributed by atoms with Gasteiger partial charge in [0.05, 0.1) is 41.6 Å². The molecule has 1 unspecified atom stereocenters. The average Bonchev–Trinajstić information content (AvgIpc) is 2.96. The number of hydrogen-bond donors (Lipinski definition) is 0. The maximum atomic E-state index is 13.1. The van der Waals surface area contributed by atoms with Crippen LogP contribution in [-0.2, 0) is 11.2 Å². The van der Waals surface area contributed by atoms with Crippen LogP contribution in [0, 0.1) is 0 Å². The molecule has 1 amide bonds. The van der Waals surface area contributed by atoms with Gasteiger partial charge in [-0.05, 0) is 76.7 Å². The van der Waals surface area contributed by atoms with E-state index >= 15 is 0 Å². The second kappa shape index (κ2) is 11.6. The summed E-state index contributed by atoms with van der Waals surface area (Å²) < 4.78 is 27.1. The lowest BCUT2D eigenvalue weighted by molar-refractivity contribution is 0.133. The summed E-state index contributed by atoms with van der Waals surface area (Å²) >= 11 is 0. The standard InChI is InChI=1S/C30H31NO6/c1-33-24-10-6-8-21(15-24)23-17-28(22-9-7-11-25(16-22)34-2)29(31(19-23)30(32)37-5)14-20-12-26(35-3)18-27(13-20)36-4/h6-13,15-19,29H,14H2,1-5H3. The number of methoxy groups -OCH3 is 5. The average molecular weight is 502 g/mol. The first-order valence-electron chi connectivity index (χ1n) is 11.8. The zero-order chi connectivity index (χ0) is 26.4. The van der Waals surface area contributed by atoms with Gasteiger partial charge in [-0.1, -0.05) is 24.3 Å². The van der Waals surface area contributed by atoms with Crippen LogP contribution in [0.2, 0.25) is 0 Å². The minimum Gasteiger partial charge on any atom is -0.497 e. The van der Waals surface area contributed by atoms with Crippen molar-refractivity contribution in [3.05, 3.63) is 95.7 Å².